The first-order valence-corrected chi connectivity index (χ1v) is 9.92. The number of tetrazole rings is 1. The molecule has 0 bridgehead atoms. The van der Waals surface area contributed by atoms with Crippen molar-refractivity contribution < 1.29 is 13.9 Å². The summed E-state index contributed by atoms with van der Waals surface area (Å²) in [5.41, 5.74) is 4.34. The molecule has 0 saturated heterocycles. The van der Waals surface area contributed by atoms with Crippen LogP contribution in [0.25, 0.3) is 5.69 Å². The molecule has 4 rings (SSSR count). The van der Waals surface area contributed by atoms with Gasteiger partial charge in [-0.25, -0.2) is 9.07 Å². The number of aromatic nitrogens is 5. The maximum atomic E-state index is 13.1. The average molecular weight is 419 g/mol. The molecule has 0 fully saturated rings. The van der Waals surface area contributed by atoms with Crippen molar-refractivity contribution in [3.05, 3.63) is 89.3 Å². The second-order valence-electron chi connectivity index (χ2n) is 7.28. The summed E-state index contributed by atoms with van der Waals surface area (Å²) in [5, 5.41) is 11.1. The first-order valence-electron chi connectivity index (χ1n) is 9.92. The van der Waals surface area contributed by atoms with E-state index in [1.807, 2.05) is 32.0 Å². The first kappa shape index (κ1) is 20.5. The predicted molar refractivity (Wildman–Crippen MR) is 113 cm³/mol. The zero-order chi connectivity index (χ0) is 21.8. The predicted octanol–water partition coefficient (Wildman–Crippen LogP) is 3.72. The van der Waals surface area contributed by atoms with Crippen LogP contribution in [0.4, 0.5) is 4.39 Å². The van der Waals surface area contributed by atoms with Gasteiger partial charge in [0.05, 0.1) is 5.69 Å². The van der Waals surface area contributed by atoms with Crippen LogP contribution in [-0.2, 0) is 13.0 Å². The smallest absolute Gasteiger partial charge is 0.202 e. The summed E-state index contributed by atoms with van der Waals surface area (Å²) in [4.78, 5) is 12.8. The third kappa shape index (κ3) is 4.69. The number of carbonyl (C=O) groups excluding carboxylic acids is 1. The topological polar surface area (TPSA) is 74.8 Å². The summed E-state index contributed by atoms with van der Waals surface area (Å²) in [6, 6.07) is 15.6. The van der Waals surface area contributed by atoms with E-state index in [9.17, 15) is 9.18 Å². The van der Waals surface area contributed by atoms with Crippen LogP contribution in [0.2, 0.25) is 0 Å². The van der Waals surface area contributed by atoms with Crippen LogP contribution in [0.3, 0.4) is 0 Å². The normalized spacial score (nSPS) is 10.9. The summed E-state index contributed by atoms with van der Waals surface area (Å²) in [6.45, 7) is 4.56. The van der Waals surface area contributed by atoms with Gasteiger partial charge < -0.3 is 9.30 Å². The quantitative estimate of drug-likeness (QED) is 0.407. The molecule has 7 nitrogen and oxygen atoms in total. The summed E-state index contributed by atoms with van der Waals surface area (Å²) in [6.07, 6.45) is 2.25. The number of carbonyl (C=O) groups is 1. The molecule has 2 aromatic carbocycles. The molecule has 2 heterocycles. The minimum absolute atomic E-state index is 0.0681. The lowest BCUT2D eigenvalue weighted by Gasteiger charge is -2.10. The van der Waals surface area contributed by atoms with Gasteiger partial charge in [0.1, 0.15) is 17.9 Å². The number of ketones is 1. The first-order chi connectivity index (χ1) is 15.0. The standard InChI is InChI=1S/C23H22FN5O2/c1-16-12-22(17(2)28(16)11-10-18-6-8-19(24)9-7-18)23(30)14-31-21-5-3-4-20(13-21)29-15-25-26-27-29/h3-9,12-13,15H,10-11,14H2,1-2H3. The number of hydrogen-bond acceptors (Lipinski definition) is 5. The van der Waals surface area contributed by atoms with Crippen molar-refractivity contribution in [3.63, 3.8) is 0 Å². The minimum atomic E-state index is -0.242. The molecule has 31 heavy (non-hydrogen) atoms. The van der Waals surface area contributed by atoms with Crippen molar-refractivity contribution in [2.45, 2.75) is 26.8 Å². The Morgan fingerprint density at radius 3 is 2.65 bits per heavy atom. The van der Waals surface area contributed by atoms with Crippen molar-refractivity contribution in [3.8, 4) is 11.4 Å². The summed E-state index contributed by atoms with van der Waals surface area (Å²) in [7, 11) is 0. The van der Waals surface area contributed by atoms with Crippen molar-refractivity contribution in [1.82, 2.24) is 24.8 Å². The van der Waals surface area contributed by atoms with E-state index in [-0.39, 0.29) is 18.2 Å². The van der Waals surface area contributed by atoms with Crippen LogP contribution in [0, 0.1) is 19.7 Å². The van der Waals surface area contributed by atoms with Crippen LogP contribution in [-0.4, -0.2) is 37.2 Å². The Balaban J connectivity index is 1.41. The Morgan fingerprint density at radius 2 is 1.90 bits per heavy atom. The van der Waals surface area contributed by atoms with Crippen molar-refractivity contribution >= 4 is 5.78 Å². The number of benzene rings is 2. The lowest BCUT2D eigenvalue weighted by Crippen LogP contribution is -2.13. The average Bonchev–Trinajstić information content (AvgIpc) is 3.41. The molecule has 0 radical (unpaired) electrons. The maximum absolute atomic E-state index is 13.1. The van der Waals surface area contributed by atoms with E-state index in [2.05, 4.69) is 20.1 Å². The fourth-order valence-electron chi connectivity index (χ4n) is 3.54. The molecule has 2 aromatic heterocycles. The molecule has 0 aliphatic heterocycles. The molecule has 0 amide bonds. The van der Waals surface area contributed by atoms with Gasteiger partial charge >= 0.3 is 0 Å². The molecular formula is C23H22FN5O2. The van der Waals surface area contributed by atoms with Gasteiger partial charge in [0.25, 0.3) is 0 Å². The van der Waals surface area contributed by atoms with Gasteiger partial charge in [0, 0.05) is 29.6 Å². The lowest BCUT2D eigenvalue weighted by molar-refractivity contribution is 0.0920. The Labute approximate surface area is 179 Å². The number of halogens is 1. The number of Topliss-reactive ketones (excluding diaryl/α,β-unsaturated/α-hetero) is 1. The van der Waals surface area contributed by atoms with Gasteiger partial charge in [-0.1, -0.05) is 18.2 Å². The van der Waals surface area contributed by atoms with E-state index in [1.54, 1.807) is 24.3 Å². The van der Waals surface area contributed by atoms with E-state index in [4.69, 9.17) is 4.74 Å². The van der Waals surface area contributed by atoms with E-state index in [0.717, 1.165) is 29.1 Å². The van der Waals surface area contributed by atoms with E-state index >= 15 is 0 Å². The summed E-state index contributed by atoms with van der Waals surface area (Å²) >= 11 is 0. The zero-order valence-corrected chi connectivity index (χ0v) is 17.3. The van der Waals surface area contributed by atoms with Gasteiger partial charge in [-0.15, -0.1) is 5.10 Å². The van der Waals surface area contributed by atoms with E-state index < -0.39 is 0 Å². The molecule has 0 aliphatic rings. The highest BCUT2D eigenvalue weighted by molar-refractivity contribution is 5.98. The number of hydrogen-bond donors (Lipinski definition) is 0. The highest BCUT2D eigenvalue weighted by Crippen LogP contribution is 2.19. The molecule has 0 saturated carbocycles. The number of aryl methyl sites for hydroxylation is 2. The minimum Gasteiger partial charge on any atom is -0.485 e. The van der Waals surface area contributed by atoms with Crippen molar-refractivity contribution in [2.75, 3.05) is 6.61 Å². The molecule has 0 atom stereocenters. The van der Waals surface area contributed by atoms with Crippen LogP contribution in [0.1, 0.15) is 27.3 Å². The molecule has 0 unspecified atom stereocenters. The molecule has 0 aliphatic carbocycles. The largest absolute Gasteiger partial charge is 0.485 e. The second kappa shape index (κ2) is 8.91. The molecule has 158 valence electrons. The fraction of sp³-hybridized carbons (Fsp3) is 0.217. The lowest BCUT2D eigenvalue weighted by atomic mass is 10.1. The Kier molecular flexibility index (Phi) is 5.88. The fourth-order valence-corrected chi connectivity index (χ4v) is 3.54. The van der Waals surface area contributed by atoms with Crippen LogP contribution < -0.4 is 4.74 Å². The zero-order valence-electron chi connectivity index (χ0n) is 17.3. The van der Waals surface area contributed by atoms with Crippen LogP contribution in [0.15, 0.2) is 60.9 Å². The Bertz CT molecular complexity index is 1180. The highest BCUT2D eigenvalue weighted by atomic mass is 19.1. The van der Waals surface area contributed by atoms with Crippen molar-refractivity contribution in [1.29, 1.82) is 0 Å². The third-order valence-corrected chi connectivity index (χ3v) is 5.21. The van der Waals surface area contributed by atoms with E-state index in [0.29, 0.717) is 17.9 Å². The van der Waals surface area contributed by atoms with Gasteiger partial charge in [-0.3, -0.25) is 4.79 Å². The molecular weight excluding hydrogens is 397 g/mol. The molecule has 8 heteroatoms. The molecule has 0 spiro atoms. The second-order valence-corrected chi connectivity index (χ2v) is 7.28. The summed E-state index contributed by atoms with van der Waals surface area (Å²) in [5.74, 6) is 0.230. The van der Waals surface area contributed by atoms with Gasteiger partial charge in [0.2, 0.25) is 5.78 Å². The number of nitrogens with zero attached hydrogens (tertiary/aromatic N) is 5. The molecule has 4 aromatic rings. The Hall–Kier alpha value is -3.81. The van der Waals surface area contributed by atoms with Crippen LogP contribution >= 0.6 is 0 Å². The monoisotopic (exact) mass is 419 g/mol. The van der Waals surface area contributed by atoms with E-state index in [1.165, 1.54) is 23.1 Å². The summed E-state index contributed by atoms with van der Waals surface area (Å²) < 4.78 is 22.4. The number of rotatable bonds is 8. The van der Waals surface area contributed by atoms with Gasteiger partial charge in [-0.2, -0.15) is 0 Å². The van der Waals surface area contributed by atoms with Gasteiger partial charge in [0.15, 0.2) is 6.61 Å². The van der Waals surface area contributed by atoms with Crippen LogP contribution in [0.5, 0.6) is 5.75 Å². The third-order valence-electron chi connectivity index (χ3n) is 5.21. The van der Waals surface area contributed by atoms with Gasteiger partial charge in [-0.05, 0) is 66.6 Å². The highest BCUT2D eigenvalue weighted by Gasteiger charge is 2.16. The SMILES string of the molecule is Cc1cc(C(=O)COc2cccc(-n3cnnn3)c2)c(C)n1CCc1ccc(F)cc1. The maximum Gasteiger partial charge on any atom is 0.202 e. The Morgan fingerprint density at radius 1 is 1.10 bits per heavy atom. The number of ether oxygens (including phenoxy) is 1. The molecule has 0 N–H and O–H groups in total. The van der Waals surface area contributed by atoms with Crippen molar-refractivity contribution in [2.24, 2.45) is 0 Å².